The molecule has 0 radical (unpaired) electrons. The van der Waals surface area contributed by atoms with Crippen LogP contribution in [0.4, 0.5) is 0 Å². The summed E-state index contributed by atoms with van der Waals surface area (Å²) in [7, 11) is 0. The van der Waals surface area contributed by atoms with Crippen LogP contribution < -0.4 is 11.1 Å². The summed E-state index contributed by atoms with van der Waals surface area (Å²) in [4.78, 5) is 11.6. The van der Waals surface area contributed by atoms with Gasteiger partial charge in [0, 0.05) is 0 Å². The fourth-order valence-corrected chi connectivity index (χ4v) is 2.74. The van der Waals surface area contributed by atoms with Crippen LogP contribution >= 0.6 is 0 Å². The predicted octanol–water partition coefficient (Wildman–Crippen LogP) is 2.20. The molecule has 1 amide bonds. The van der Waals surface area contributed by atoms with Gasteiger partial charge in [0.25, 0.3) is 0 Å². The lowest BCUT2D eigenvalue weighted by molar-refractivity contribution is -0.126. The van der Waals surface area contributed by atoms with Crippen molar-refractivity contribution < 1.29 is 4.79 Å². The van der Waals surface area contributed by atoms with Gasteiger partial charge in [0.05, 0.1) is 5.54 Å². The Labute approximate surface area is 99.2 Å². The minimum Gasteiger partial charge on any atom is -0.368 e. The standard InChI is InChI=1S/C13H26N2O/c1-3-5-11-6-8-13(9-7-11,12(14)16)15-10-4-2/h11,15H,3-10H2,1-2H3,(H2,14,16). The molecule has 0 saturated heterocycles. The highest BCUT2D eigenvalue weighted by Crippen LogP contribution is 2.34. The molecule has 0 atom stereocenters. The van der Waals surface area contributed by atoms with Gasteiger partial charge >= 0.3 is 0 Å². The Kier molecular flexibility index (Phi) is 5.26. The Morgan fingerprint density at radius 3 is 2.38 bits per heavy atom. The summed E-state index contributed by atoms with van der Waals surface area (Å²) in [5, 5.41) is 3.37. The van der Waals surface area contributed by atoms with Crippen LogP contribution in [-0.2, 0) is 4.79 Å². The molecule has 1 aliphatic carbocycles. The number of primary amides is 1. The van der Waals surface area contributed by atoms with E-state index < -0.39 is 5.54 Å². The molecule has 0 aromatic rings. The van der Waals surface area contributed by atoms with Gasteiger partial charge in [0.2, 0.25) is 5.91 Å². The smallest absolute Gasteiger partial charge is 0.237 e. The molecule has 94 valence electrons. The van der Waals surface area contributed by atoms with Crippen LogP contribution in [0.1, 0.15) is 58.8 Å². The van der Waals surface area contributed by atoms with Gasteiger partial charge in [-0.3, -0.25) is 4.79 Å². The third-order valence-electron chi connectivity index (χ3n) is 3.84. The van der Waals surface area contributed by atoms with E-state index in [2.05, 4.69) is 19.2 Å². The van der Waals surface area contributed by atoms with Crippen molar-refractivity contribution in [3.05, 3.63) is 0 Å². The van der Waals surface area contributed by atoms with Gasteiger partial charge in [-0.2, -0.15) is 0 Å². The second-order valence-corrected chi connectivity index (χ2v) is 5.11. The molecule has 3 N–H and O–H groups in total. The molecular formula is C13H26N2O. The van der Waals surface area contributed by atoms with Crippen LogP contribution in [0.3, 0.4) is 0 Å². The van der Waals surface area contributed by atoms with Crippen molar-refractivity contribution in [2.75, 3.05) is 6.54 Å². The highest BCUT2D eigenvalue weighted by Gasteiger charge is 2.39. The number of carbonyl (C=O) groups is 1. The fourth-order valence-electron chi connectivity index (χ4n) is 2.74. The minimum absolute atomic E-state index is 0.157. The molecule has 3 nitrogen and oxygen atoms in total. The molecule has 0 aliphatic heterocycles. The molecule has 1 rings (SSSR count). The van der Waals surface area contributed by atoms with Crippen LogP contribution in [0.25, 0.3) is 0 Å². The van der Waals surface area contributed by atoms with Crippen LogP contribution in [0.15, 0.2) is 0 Å². The van der Waals surface area contributed by atoms with E-state index in [0.717, 1.165) is 44.6 Å². The van der Waals surface area contributed by atoms with E-state index in [1.807, 2.05) is 0 Å². The maximum Gasteiger partial charge on any atom is 0.237 e. The largest absolute Gasteiger partial charge is 0.368 e. The number of nitrogens with two attached hydrogens (primary N) is 1. The first kappa shape index (κ1) is 13.5. The normalized spacial score (nSPS) is 30.2. The highest BCUT2D eigenvalue weighted by atomic mass is 16.1. The maximum absolute atomic E-state index is 11.6. The predicted molar refractivity (Wildman–Crippen MR) is 67.1 cm³/mol. The van der Waals surface area contributed by atoms with Crippen molar-refractivity contribution in [2.24, 2.45) is 11.7 Å². The topological polar surface area (TPSA) is 55.1 Å². The Bertz CT molecular complexity index is 220. The van der Waals surface area contributed by atoms with Gasteiger partial charge in [-0.25, -0.2) is 0 Å². The average Bonchev–Trinajstić information content (AvgIpc) is 2.28. The molecule has 0 spiro atoms. The lowest BCUT2D eigenvalue weighted by Crippen LogP contribution is -2.57. The third-order valence-corrected chi connectivity index (χ3v) is 3.84. The van der Waals surface area contributed by atoms with Gasteiger partial charge in [-0.1, -0.05) is 26.7 Å². The van der Waals surface area contributed by atoms with Gasteiger partial charge in [-0.15, -0.1) is 0 Å². The van der Waals surface area contributed by atoms with Crippen LogP contribution in [-0.4, -0.2) is 18.0 Å². The first-order valence-electron chi connectivity index (χ1n) is 6.69. The number of carbonyl (C=O) groups excluding carboxylic acids is 1. The second kappa shape index (κ2) is 6.24. The number of rotatable bonds is 6. The number of hydrogen-bond donors (Lipinski definition) is 2. The Balaban J connectivity index is 2.52. The van der Waals surface area contributed by atoms with Crippen molar-refractivity contribution in [1.82, 2.24) is 5.32 Å². The lowest BCUT2D eigenvalue weighted by Gasteiger charge is -2.38. The molecule has 0 bridgehead atoms. The summed E-state index contributed by atoms with van der Waals surface area (Å²) in [6.45, 7) is 5.23. The summed E-state index contributed by atoms with van der Waals surface area (Å²) in [5.74, 6) is 0.650. The molecule has 3 heteroatoms. The molecular weight excluding hydrogens is 200 g/mol. The van der Waals surface area contributed by atoms with E-state index in [4.69, 9.17) is 5.73 Å². The Morgan fingerprint density at radius 2 is 1.94 bits per heavy atom. The molecule has 0 heterocycles. The molecule has 16 heavy (non-hydrogen) atoms. The Morgan fingerprint density at radius 1 is 1.31 bits per heavy atom. The molecule has 0 unspecified atom stereocenters. The van der Waals surface area contributed by atoms with Crippen molar-refractivity contribution in [3.8, 4) is 0 Å². The van der Waals surface area contributed by atoms with Gasteiger partial charge < -0.3 is 11.1 Å². The van der Waals surface area contributed by atoms with Crippen molar-refractivity contribution in [3.63, 3.8) is 0 Å². The summed E-state index contributed by atoms with van der Waals surface area (Å²) in [6.07, 6.45) is 7.73. The van der Waals surface area contributed by atoms with E-state index in [1.54, 1.807) is 0 Å². The highest BCUT2D eigenvalue weighted by molar-refractivity contribution is 5.84. The molecule has 0 aromatic heterocycles. The second-order valence-electron chi connectivity index (χ2n) is 5.11. The van der Waals surface area contributed by atoms with Crippen molar-refractivity contribution in [2.45, 2.75) is 64.3 Å². The zero-order valence-electron chi connectivity index (χ0n) is 10.7. The SMILES string of the molecule is CCCNC1(C(N)=O)CCC(CCC)CC1. The van der Waals surface area contributed by atoms with Crippen molar-refractivity contribution >= 4 is 5.91 Å². The van der Waals surface area contributed by atoms with Gasteiger partial charge in [0.1, 0.15) is 0 Å². The zero-order valence-corrected chi connectivity index (χ0v) is 10.7. The number of hydrogen-bond acceptors (Lipinski definition) is 2. The van der Waals surface area contributed by atoms with Gasteiger partial charge in [0.15, 0.2) is 0 Å². The summed E-state index contributed by atoms with van der Waals surface area (Å²) in [6, 6.07) is 0. The molecule has 1 fully saturated rings. The van der Waals surface area contributed by atoms with Crippen LogP contribution in [0, 0.1) is 5.92 Å². The lowest BCUT2D eigenvalue weighted by atomic mass is 9.74. The van der Waals surface area contributed by atoms with Crippen molar-refractivity contribution in [1.29, 1.82) is 0 Å². The molecule has 1 aliphatic rings. The number of nitrogens with one attached hydrogen (secondary N) is 1. The van der Waals surface area contributed by atoms with E-state index in [1.165, 1.54) is 12.8 Å². The third kappa shape index (κ3) is 3.21. The van der Waals surface area contributed by atoms with Gasteiger partial charge in [-0.05, 0) is 44.6 Å². The van der Waals surface area contributed by atoms with Crippen LogP contribution in [0.5, 0.6) is 0 Å². The molecule has 0 aromatic carbocycles. The fraction of sp³-hybridized carbons (Fsp3) is 0.923. The first-order chi connectivity index (χ1) is 7.64. The van der Waals surface area contributed by atoms with E-state index in [-0.39, 0.29) is 5.91 Å². The summed E-state index contributed by atoms with van der Waals surface area (Å²) >= 11 is 0. The quantitative estimate of drug-likeness (QED) is 0.729. The number of amides is 1. The van der Waals surface area contributed by atoms with Crippen LogP contribution in [0.2, 0.25) is 0 Å². The summed E-state index contributed by atoms with van der Waals surface area (Å²) < 4.78 is 0. The summed E-state index contributed by atoms with van der Waals surface area (Å²) in [5.41, 5.74) is 5.16. The van der Waals surface area contributed by atoms with E-state index >= 15 is 0 Å². The molecule has 1 saturated carbocycles. The maximum atomic E-state index is 11.6. The van der Waals surface area contributed by atoms with E-state index in [0.29, 0.717) is 0 Å². The Hall–Kier alpha value is -0.570. The average molecular weight is 226 g/mol. The zero-order chi connectivity index (χ0) is 12.0. The monoisotopic (exact) mass is 226 g/mol. The van der Waals surface area contributed by atoms with E-state index in [9.17, 15) is 4.79 Å². The minimum atomic E-state index is -0.403. The first-order valence-corrected chi connectivity index (χ1v) is 6.69.